The van der Waals surface area contributed by atoms with Gasteiger partial charge in [0.2, 0.25) is 5.88 Å². The molecule has 0 saturated carbocycles. The number of aromatic nitrogens is 2. The molecule has 1 aromatic rings. The Bertz CT molecular complexity index is 213. The highest BCUT2D eigenvalue weighted by Gasteiger charge is 1.93. The van der Waals surface area contributed by atoms with E-state index in [4.69, 9.17) is 4.74 Å². The molecule has 0 unspecified atom stereocenters. The Balaban J connectivity index is 2.25. The Morgan fingerprint density at radius 3 is 2.83 bits per heavy atom. The third kappa shape index (κ3) is 3.30. The first-order valence-corrected chi connectivity index (χ1v) is 3.82. The molecule has 0 saturated heterocycles. The number of likely N-dealkylation sites (N-methyl/N-ethyl adjacent to an activating group) is 1. The van der Waals surface area contributed by atoms with Crippen LogP contribution in [0.2, 0.25) is 0 Å². The van der Waals surface area contributed by atoms with Crippen LogP contribution in [-0.4, -0.2) is 42.1 Å². The minimum atomic E-state index is 0.583. The van der Waals surface area contributed by atoms with Crippen molar-refractivity contribution in [2.75, 3.05) is 27.2 Å². The summed E-state index contributed by atoms with van der Waals surface area (Å²) >= 11 is 0. The molecule has 0 atom stereocenters. The lowest BCUT2D eigenvalue weighted by Crippen LogP contribution is -2.19. The van der Waals surface area contributed by atoms with E-state index < -0.39 is 0 Å². The van der Waals surface area contributed by atoms with Crippen molar-refractivity contribution in [3.63, 3.8) is 0 Å². The van der Waals surface area contributed by atoms with E-state index in [1.54, 1.807) is 18.6 Å². The maximum absolute atomic E-state index is 5.30. The average molecular weight is 167 g/mol. The second-order valence-electron chi connectivity index (χ2n) is 2.70. The van der Waals surface area contributed by atoms with Gasteiger partial charge in [-0.2, -0.15) is 0 Å². The van der Waals surface area contributed by atoms with Crippen LogP contribution in [-0.2, 0) is 0 Å². The Morgan fingerprint density at radius 2 is 2.25 bits per heavy atom. The van der Waals surface area contributed by atoms with Crippen molar-refractivity contribution in [2.24, 2.45) is 0 Å². The first kappa shape index (κ1) is 8.93. The van der Waals surface area contributed by atoms with Gasteiger partial charge >= 0.3 is 0 Å². The topological polar surface area (TPSA) is 38.2 Å². The summed E-state index contributed by atoms with van der Waals surface area (Å²) in [6, 6.07) is 0. The van der Waals surface area contributed by atoms with Gasteiger partial charge in [0, 0.05) is 18.9 Å². The van der Waals surface area contributed by atoms with Crippen molar-refractivity contribution < 1.29 is 4.74 Å². The Labute approximate surface area is 72.2 Å². The predicted molar refractivity (Wildman–Crippen MR) is 46.1 cm³/mol. The zero-order valence-corrected chi connectivity index (χ0v) is 7.40. The molecule has 0 spiro atoms. The standard InChI is InChI=1S/C8H13N3O/c1-11(2)5-6-12-8-7-9-3-4-10-8/h3-4,7H,5-6H2,1-2H3. The SMILES string of the molecule is CN(C)CCOc1cnccn1. The van der Waals surface area contributed by atoms with Gasteiger partial charge in [-0.25, -0.2) is 4.98 Å². The van der Waals surface area contributed by atoms with Gasteiger partial charge in [0.1, 0.15) is 6.61 Å². The van der Waals surface area contributed by atoms with Crippen LogP contribution in [0.25, 0.3) is 0 Å². The molecule has 0 amide bonds. The fourth-order valence-electron chi connectivity index (χ4n) is 0.693. The summed E-state index contributed by atoms with van der Waals surface area (Å²) in [7, 11) is 4.00. The monoisotopic (exact) mass is 167 g/mol. The molecular weight excluding hydrogens is 154 g/mol. The Hall–Kier alpha value is -1.16. The quantitative estimate of drug-likeness (QED) is 0.651. The first-order chi connectivity index (χ1) is 5.79. The lowest BCUT2D eigenvalue weighted by molar-refractivity contribution is 0.253. The molecule has 0 aliphatic heterocycles. The number of nitrogens with zero attached hydrogens (tertiary/aromatic N) is 3. The molecule has 66 valence electrons. The van der Waals surface area contributed by atoms with Crippen LogP contribution in [0.3, 0.4) is 0 Å². The van der Waals surface area contributed by atoms with Crippen molar-refractivity contribution >= 4 is 0 Å². The van der Waals surface area contributed by atoms with Crippen molar-refractivity contribution in [1.29, 1.82) is 0 Å². The fraction of sp³-hybridized carbons (Fsp3) is 0.500. The van der Waals surface area contributed by atoms with Crippen molar-refractivity contribution in [3.05, 3.63) is 18.6 Å². The highest BCUT2D eigenvalue weighted by Crippen LogP contribution is 1.99. The van der Waals surface area contributed by atoms with Crippen LogP contribution >= 0.6 is 0 Å². The van der Waals surface area contributed by atoms with Gasteiger partial charge in [0.15, 0.2) is 0 Å². The second kappa shape index (κ2) is 4.66. The van der Waals surface area contributed by atoms with Crippen LogP contribution in [0.15, 0.2) is 18.6 Å². The molecule has 0 N–H and O–H groups in total. The van der Waals surface area contributed by atoms with E-state index in [0.717, 1.165) is 6.54 Å². The zero-order valence-electron chi connectivity index (χ0n) is 7.40. The minimum Gasteiger partial charge on any atom is -0.475 e. The Morgan fingerprint density at radius 1 is 1.42 bits per heavy atom. The van der Waals surface area contributed by atoms with Gasteiger partial charge in [-0.15, -0.1) is 0 Å². The van der Waals surface area contributed by atoms with Crippen molar-refractivity contribution in [3.8, 4) is 5.88 Å². The van der Waals surface area contributed by atoms with Crippen LogP contribution in [0, 0.1) is 0 Å². The summed E-state index contributed by atoms with van der Waals surface area (Å²) in [6.07, 6.45) is 4.85. The third-order valence-corrected chi connectivity index (χ3v) is 1.33. The fourth-order valence-corrected chi connectivity index (χ4v) is 0.693. The van der Waals surface area contributed by atoms with E-state index in [9.17, 15) is 0 Å². The third-order valence-electron chi connectivity index (χ3n) is 1.33. The molecule has 0 aliphatic rings. The smallest absolute Gasteiger partial charge is 0.232 e. The van der Waals surface area contributed by atoms with E-state index >= 15 is 0 Å². The molecule has 1 rings (SSSR count). The van der Waals surface area contributed by atoms with E-state index in [1.807, 2.05) is 14.1 Å². The van der Waals surface area contributed by atoms with Gasteiger partial charge in [-0.3, -0.25) is 4.98 Å². The zero-order chi connectivity index (χ0) is 8.81. The average Bonchev–Trinajstić information content (AvgIpc) is 2.05. The number of hydrogen-bond acceptors (Lipinski definition) is 4. The minimum absolute atomic E-state index is 0.583. The summed E-state index contributed by atoms with van der Waals surface area (Å²) < 4.78 is 5.30. The molecule has 4 nitrogen and oxygen atoms in total. The molecule has 0 bridgehead atoms. The van der Waals surface area contributed by atoms with Crippen LogP contribution in [0.1, 0.15) is 0 Å². The normalized spacial score (nSPS) is 10.2. The van der Waals surface area contributed by atoms with Gasteiger partial charge < -0.3 is 9.64 Å². The van der Waals surface area contributed by atoms with E-state index in [0.29, 0.717) is 12.5 Å². The molecule has 12 heavy (non-hydrogen) atoms. The number of ether oxygens (including phenoxy) is 1. The molecule has 0 radical (unpaired) electrons. The van der Waals surface area contributed by atoms with Crippen molar-refractivity contribution in [1.82, 2.24) is 14.9 Å². The van der Waals surface area contributed by atoms with E-state index in [-0.39, 0.29) is 0 Å². The molecular formula is C8H13N3O. The van der Waals surface area contributed by atoms with Gasteiger partial charge in [0.05, 0.1) is 6.20 Å². The molecule has 4 heteroatoms. The van der Waals surface area contributed by atoms with E-state index in [1.165, 1.54) is 0 Å². The molecule has 1 aromatic heterocycles. The van der Waals surface area contributed by atoms with Crippen LogP contribution < -0.4 is 4.74 Å². The lowest BCUT2D eigenvalue weighted by Gasteiger charge is -2.09. The summed E-state index contributed by atoms with van der Waals surface area (Å²) in [4.78, 5) is 9.91. The van der Waals surface area contributed by atoms with Gasteiger partial charge in [0.25, 0.3) is 0 Å². The van der Waals surface area contributed by atoms with Gasteiger partial charge in [-0.1, -0.05) is 0 Å². The summed E-state index contributed by atoms with van der Waals surface area (Å²) in [5.41, 5.74) is 0. The lowest BCUT2D eigenvalue weighted by atomic mass is 10.6. The summed E-state index contributed by atoms with van der Waals surface area (Å²) in [6.45, 7) is 1.53. The highest BCUT2D eigenvalue weighted by molar-refractivity contribution is 5.00. The maximum Gasteiger partial charge on any atom is 0.232 e. The number of rotatable bonds is 4. The first-order valence-electron chi connectivity index (χ1n) is 3.82. The second-order valence-corrected chi connectivity index (χ2v) is 2.70. The molecule has 1 heterocycles. The van der Waals surface area contributed by atoms with Gasteiger partial charge in [-0.05, 0) is 14.1 Å². The molecule has 0 fully saturated rings. The number of hydrogen-bond donors (Lipinski definition) is 0. The molecule has 0 aromatic carbocycles. The largest absolute Gasteiger partial charge is 0.475 e. The highest BCUT2D eigenvalue weighted by atomic mass is 16.5. The molecule has 0 aliphatic carbocycles. The summed E-state index contributed by atoms with van der Waals surface area (Å²) in [5.74, 6) is 0.583. The van der Waals surface area contributed by atoms with Crippen LogP contribution in [0.5, 0.6) is 5.88 Å². The van der Waals surface area contributed by atoms with Crippen LogP contribution in [0.4, 0.5) is 0 Å². The Kier molecular flexibility index (Phi) is 3.47. The van der Waals surface area contributed by atoms with Crippen molar-refractivity contribution in [2.45, 2.75) is 0 Å². The maximum atomic E-state index is 5.30. The van der Waals surface area contributed by atoms with E-state index in [2.05, 4.69) is 14.9 Å². The predicted octanol–water partition coefficient (Wildman–Crippen LogP) is 0.417. The summed E-state index contributed by atoms with van der Waals surface area (Å²) in [5, 5.41) is 0.